The van der Waals surface area contributed by atoms with Gasteiger partial charge in [-0.1, -0.05) is 30.3 Å². The van der Waals surface area contributed by atoms with E-state index in [1.807, 2.05) is 37.3 Å². The van der Waals surface area contributed by atoms with E-state index in [0.29, 0.717) is 18.2 Å². The largest absolute Gasteiger partial charge is 0.486 e. The third-order valence-electron chi connectivity index (χ3n) is 3.14. The Labute approximate surface area is 122 Å². The number of hydrazine groups is 1. The van der Waals surface area contributed by atoms with Crippen LogP contribution in [0.5, 0.6) is 5.75 Å². The topological polar surface area (TPSA) is 73.1 Å². The third-order valence-corrected chi connectivity index (χ3v) is 3.14. The van der Waals surface area contributed by atoms with Crippen LogP contribution in [0.2, 0.25) is 0 Å². The second-order valence-corrected chi connectivity index (χ2v) is 4.75. The zero-order chi connectivity index (χ0) is 14.7. The highest BCUT2D eigenvalue weighted by Crippen LogP contribution is 2.21. The van der Waals surface area contributed by atoms with Crippen molar-refractivity contribution < 1.29 is 4.74 Å². The third kappa shape index (κ3) is 3.09. The number of benzene rings is 2. The van der Waals surface area contributed by atoms with E-state index in [1.165, 1.54) is 5.39 Å². The molecular formula is C16H16N4O. The number of anilines is 1. The van der Waals surface area contributed by atoms with E-state index in [0.717, 1.165) is 16.8 Å². The molecule has 0 saturated heterocycles. The molecule has 5 nitrogen and oxygen atoms in total. The Kier molecular flexibility index (Phi) is 3.66. The summed E-state index contributed by atoms with van der Waals surface area (Å²) in [5, 5.41) is 2.33. The molecule has 2 aromatic carbocycles. The summed E-state index contributed by atoms with van der Waals surface area (Å²) in [4.78, 5) is 8.58. The lowest BCUT2D eigenvalue weighted by Crippen LogP contribution is -2.12. The van der Waals surface area contributed by atoms with Crippen molar-refractivity contribution in [1.82, 2.24) is 9.97 Å². The Hall–Kier alpha value is -2.66. The predicted molar refractivity (Wildman–Crippen MR) is 82.9 cm³/mol. The lowest BCUT2D eigenvalue weighted by atomic mass is 10.1. The Morgan fingerprint density at radius 3 is 2.67 bits per heavy atom. The van der Waals surface area contributed by atoms with Crippen LogP contribution < -0.4 is 16.0 Å². The number of hydrogen-bond donors (Lipinski definition) is 2. The fourth-order valence-corrected chi connectivity index (χ4v) is 2.17. The molecule has 0 spiro atoms. The maximum atomic E-state index is 5.76. The summed E-state index contributed by atoms with van der Waals surface area (Å²) in [5.41, 5.74) is 3.37. The van der Waals surface area contributed by atoms with Crippen molar-refractivity contribution in [2.75, 3.05) is 5.43 Å². The van der Waals surface area contributed by atoms with Gasteiger partial charge in [0.05, 0.1) is 0 Å². The van der Waals surface area contributed by atoms with Gasteiger partial charge in [0.25, 0.3) is 0 Å². The molecule has 21 heavy (non-hydrogen) atoms. The number of rotatable bonds is 4. The average molecular weight is 280 g/mol. The standard InChI is InChI=1S/C16H16N4O/c1-11-8-15(20-17)19-16(18-11)10-21-14-7-6-12-4-2-3-5-13(12)9-14/h2-9H,10,17H2,1H3,(H,18,19,20). The minimum absolute atomic E-state index is 0.300. The molecule has 1 aromatic heterocycles. The van der Waals surface area contributed by atoms with E-state index in [9.17, 15) is 0 Å². The highest BCUT2D eigenvalue weighted by molar-refractivity contribution is 5.83. The van der Waals surface area contributed by atoms with Gasteiger partial charge in [0.15, 0.2) is 5.82 Å². The zero-order valence-electron chi connectivity index (χ0n) is 11.7. The normalized spacial score (nSPS) is 10.6. The maximum Gasteiger partial charge on any atom is 0.168 e. The first kappa shape index (κ1) is 13.3. The highest BCUT2D eigenvalue weighted by atomic mass is 16.5. The van der Waals surface area contributed by atoms with Gasteiger partial charge in [-0.2, -0.15) is 0 Å². The van der Waals surface area contributed by atoms with Gasteiger partial charge in [-0.15, -0.1) is 0 Å². The first-order valence-corrected chi connectivity index (χ1v) is 6.67. The molecular weight excluding hydrogens is 264 g/mol. The number of nitrogens with zero attached hydrogens (tertiary/aromatic N) is 2. The number of nitrogens with one attached hydrogen (secondary N) is 1. The molecule has 3 aromatic rings. The quantitative estimate of drug-likeness (QED) is 0.568. The van der Waals surface area contributed by atoms with Gasteiger partial charge in [-0.25, -0.2) is 15.8 Å². The Morgan fingerprint density at radius 1 is 1.05 bits per heavy atom. The summed E-state index contributed by atoms with van der Waals surface area (Å²) in [6.45, 7) is 2.19. The van der Waals surface area contributed by atoms with Crippen LogP contribution in [0.1, 0.15) is 11.5 Å². The van der Waals surface area contributed by atoms with Crippen LogP contribution in [0.15, 0.2) is 48.5 Å². The molecule has 1 heterocycles. The molecule has 106 valence electrons. The first-order valence-electron chi connectivity index (χ1n) is 6.67. The number of hydrogen-bond acceptors (Lipinski definition) is 5. The van der Waals surface area contributed by atoms with Crippen LogP contribution >= 0.6 is 0 Å². The predicted octanol–water partition coefficient (Wildman–Crippen LogP) is 2.80. The van der Waals surface area contributed by atoms with Crippen molar-refractivity contribution in [3.8, 4) is 5.75 Å². The SMILES string of the molecule is Cc1cc(NN)nc(COc2ccc3ccccc3c2)n1. The number of nitrogens with two attached hydrogens (primary N) is 1. The van der Waals surface area contributed by atoms with E-state index < -0.39 is 0 Å². The van der Waals surface area contributed by atoms with Crippen LogP contribution in [-0.2, 0) is 6.61 Å². The lowest BCUT2D eigenvalue weighted by molar-refractivity contribution is 0.296. The lowest BCUT2D eigenvalue weighted by Gasteiger charge is -2.08. The van der Waals surface area contributed by atoms with E-state index >= 15 is 0 Å². The van der Waals surface area contributed by atoms with E-state index in [4.69, 9.17) is 10.6 Å². The molecule has 0 saturated carbocycles. The Balaban J connectivity index is 1.78. The molecule has 0 unspecified atom stereocenters. The maximum absolute atomic E-state index is 5.76. The molecule has 0 aliphatic rings. The Bertz CT molecular complexity index is 773. The molecule has 3 N–H and O–H groups in total. The summed E-state index contributed by atoms with van der Waals surface area (Å²) in [5.74, 6) is 7.35. The molecule has 3 rings (SSSR count). The van der Waals surface area contributed by atoms with Crippen LogP contribution in [0, 0.1) is 6.92 Å². The summed E-state index contributed by atoms with van der Waals surface area (Å²) in [7, 11) is 0. The minimum Gasteiger partial charge on any atom is -0.486 e. The minimum atomic E-state index is 0.300. The van der Waals surface area contributed by atoms with Gasteiger partial charge in [0, 0.05) is 11.8 Å². The van der Waals surface area contributed by atoms with Crippen molar-refractivity contribution in [2.24, 2.45) is 5.84 Å². The van der Waals surface area contributed by atoms with Crippen LogP contribution in [0.3, 0.4) is 0 Å². The van der Waals surface area contributed by atoms with Crippen LogP contribution in [0.25, 0.3) is 10.8 Å². The summed E-state index contributed by atoms with van der Waals surface area (Å²) < 4.78 is 5.76. The summed E-state index contributed by atoms with van der Waals surface area (Å²) in [6, 6.07) is 15.9. The van der Waals surface area contributed by atoms with Crippen LogP contribution in [0.4, 0.5) is 5.82 Å². The number of aromatic nitrogens is 2. The van der Waals surface area contributed by atoms with Gasteiger partial charge in [-0.05, 0) is 29.8 Å². The van der Waals surface area contributed by atoms with E-state index in [-0.39, 0.29) is 0 Å². The van der Waals surface area contributed by atoms with Crippen molar-refractivity contribution in [3.05, 3.63) is 60.0 Å². The van der Waals surface area contributed by atoms with Gasteiger partial charge in [0.1, 0.15) is 18.2 Å². The van der Waals surface area contributed by atoms with E-state index in [2.05, 4.69) is 27.5 Å². The molecule has 0 radical (unpaired) electrons. The van der Waals surface area contributed by atoms with E-state index in [1.54, 1.807) is 6.07 Å². The molecule has 0 fully saturated rings. The highest BCUT2D eigenvalue weighted by Gasteiger charge is 2.03. The molecule has 0 aliphatic carbocycles. The fraction of sp³-hybridized carbons (Fsp3) is 0.125. The Morgan fingerprint density at radius 2 is 1.86 bits per heavy atom. The number of fused-ring (bicyclic) bond motifs is 1. The van der Waals surface area contributed by atoms with Crippen molar-refractivity contribution in [1.29, 1.82) is 0 Å². The molecule has 0 aliphatic heterocycles. The second kappa shape index (κ2) is 5.76. The molecule has 0 bridgehead atoms. The number of ether oxygens (including phenoxy) is 1. The fourth-order valence-electron chi connectivity index (χ4n) is 2.17. The number of aryl methyl sites for hydroxylation is 1. The second-order valence-electron chi connectivity index (χ2n) is 4.75. The van der Waals surface area contributed by atoms with Crippen molar-refractivity contribution in [3.63, 3.8) is 0 Å². The molecule has 0 atom stereocenters. The average Bonchev–Trinajstić information content (AvgIpc) is 2.52. The van der Waals surface area contributed by atoms with Crippen LogP contribution in [-0.4, -0.2) is 9.97 Å². The van der Waals surface area contributed by atoms with Gasteiger partial charge < -0.3 is 10.2 Å². The molecule has 0 amide bonds. The van der Waals surface area contributed by atoms with Crippen molar-refractivity contribution in [2.45, 2.75) is 13.5 Å². The summed E-state index contributed by atoms with van der Waals surface area (Å²) >= 11 is 0. The first-order chi connectivity index (χ1) is 10.2. The monoisotopic (exact) mass is 280 g/mol. The smallest absolute Gasteiger partial charge is 0.168 e. The van der Waals surface area contributed by atoms with Gasteiger partial charge >= 0.3 is 0 Å². The van der Waals surface area contributed by atoms with Crippen molar-refractivity contribution >= 4 is 16.6 Å². The molecule has 5 heteroatoms. The number of nitrogen functional groups attached to an aromatic ring is 1. The van der Waals surface area contributed by atoms with Gasteiger partial charge in [0.2, 0.25) is 0 Å². The van der Waals surface area contributed by atoms with Gasteiger partial charge in [-0.3, -0.25) is 0 Å². The zero-order valence-corrected chi connectivity index (χ0v) is 11.7. The summed E-state index contributed by atoms with van der Waals surface area (Å²) in [6.07, 6.45) is 0.